The second-order valence-corrected chi connectivity index (χ2v) is 14.6. The van der Waals surface area contributed by atoms with Crippen LogP contribution in [0.1, 0.15) is 112 Å². The number of fused-ring (bicyclic) bond motifs is 5. The minimum absolute atomic E-state index is 0.0199. The topological polar surface area (TPSA) is 40.5 Å². The number of aliphatic hydroxyl groups excluding tert-OH is 1. The van der Waals surface area contributed by atoms with E-state index < -0.39 is 11.8 Å². The van der Waals surface area contributed by atoms with Crippen LogP contribution < -0.4 is 0 Å². The van der Waals surface area contributed by atoms with Crippen LogP contribution >= 0.6 is 0 Å². The number of alkyl halides is 3. The van der Waals surface area contributed by atoms with Crippen molar-refractivity contribution >= 4 is 0 Å². The molecule has 0 saturated heterocycles. The van der Waals surface area contributed by atoms with Gasteiger partial charge in [-0.25, -0.2) is 0 Å². The maximum absolute atomic E-state index is 13.6. The Kier molecular flexibility index (Phi) is 6.80. The average molecular weight is 487 g/mol. The Morgan fingerprint density at radius 2 is 1.50 bits per heavy atom. The Morgan fingerprint density at radius 3 is 2.12 bits per heavy atom. The summed E-state index contributed by atoms with van der Waals surface area (Å²) >= 11 is 0. The number of hydrogen-bond acceptors (Lipinski definition) is 2. The third-order valence-corrected chi connectivity index (χ3v) is 11.9. The summed E-state index contributed by atoms with van der Waals surface area (Å²) in [4.78, 5) is 0. The second kappa shape index (κ2) is 8.64. The van der Waals surface area contributed by atoms with Crippen molar-refractivity contribution < 1.29 is 23.4 Å². The lowest BCUT2D eigenvalue weighted by Crippen LogP contribution is -2.59. The van der Waals surface area contributed by atoms with E-state index in [0.717, 1.165) is 32.1 Å². The molecule has 4 fully saturated rings. The van der Waals surface area contributed by atoms with Gasteiger partial charge >= 0.3 is 6.18 Å². The highest BCUT2D eigenvalue weighted by Crippen LogP contribution is 2.69. The molecule has 34 heavy (non-hydrogen) atoms. The summed E-state index contributed by atoms with van der Waals surface area (Å²) < 4.78 is 40.8. The van der Waals surface area contributed by atoms with Crippen LogP contribution in [0.2, 0.25) is 0 Å². The summed E-state index contributed by atoms with van der Waals surface area (Å²) in [6.07, 6.45) is 4.08. The molecule has 2 N–H and O–H groups in total. The smallest absolute Gasteiger partial charge is 0.393 e. The molecule has 0 aromatic rings. The van der Waals surface area contributed by atoms with Gasteiger partial charge in [0.15, 0.2) is 5.60 Å². The first-order valence-corrected chi connectivity index (χ1v) is 14.0. The van der Waals surface area contributed by atoms with Gasteiger partial charge in [-0.05, 0) is 122 Å². The van der Waals surface area contributed by atoms with Gasteiger partial charge < -0.3 is 10.2 Å². The summed E-state index contributed by atoms with van der Waals surface area (Å²) in [5.41, 5.74) is -2.31. The highest BCUT2D eigenvalue weighted by Gasteiger charge is 2.65. The van der Waals surface area contributed by atoms with Gasteiger partial charge in [-0.2, -0.15) is 13.2 Å². The van der Waals surface area contributed by atoms with E-state index in [2.05, 4.69) is 41.5 Å². The van der Waals surface area contributed by atoms with Gasteiger partial charge in [0.05, 0.1) is 6.10 Å². The van der Waals surface area contributed by atoms with Gasteiger partial charge in [-0.1, -0.05) is 41.5 Å². The summed E-state index contributed by atoms with van der Waals surface area (Å²) in [7, 11) is 0. The summed E-state index contributed by atoms with van der Waals surface area (Å²) in [5, 5.41) is 21.0. The van der Waals surface area contributed by atoms with Crippen molar-refractivity contribution in [3.8, 4) is 0 Å². The number of aliphatic hydroxyl groups is 2. The SMILES string of the molecule is C[C@H](CC[C@H](O)C(C)(C)C)[C@H]1CC[C@H]2[C@@H]3CC[C@@H]4C[C@](O)(C(F)(F)F)CC[C@]4(C)[C@H]3CC[C@]12C. The monoisotopic (exact) mass is 486 g/mol. The van der Waals surface area contributed by atoms with Crippen LogP contribution in [0.25, 0.3) is 0 Å². The van der Waals surface area contributed by atoms with Crippen molar-refractivity contribution in [1.29, 1.82) is 0 Å². The summed E-state index contributed by atoms with van der Waals surface area (Å²) in [6.45, 7) is 13.5. The predicted octanol–water partition coefficient (Wildman–Crippen LogP) is 7.76. The first-order chi connectivity index (χ1) is 15.5. The molecule has 4 saturated carbocycles. The molecule has 0 aromatic heterocycles. The first kappa shape index (κ1) is 26.8. The van der Waals surface area contributed by atoms with Crippen molar-refractivity contribution in [3.63, 3.8) is 0 Å². The van der Waals surface area contributed by atoms with Crippen LogP contribution in [0, 0.1) is 51.8 Å². The largest absolute Gasteiger partial charge is 0.417 e. The number of rotatable bonds is 4. The summed E-state index contributed by atoms with van der Waals surface area (Å²) in [5.74, 6) is 3.04. The highest BCUT2D eigenvalue weighted by atomic mass is 19.4. The van der Waals surface area contributed by atoms with E-state index in [1.165, 1.54) is 19.3 Å². The molecule has 0 radical (unpaired) electrons. The van der Waals surface area contributed by atoms with E-state index in [-0.39, 0.29) is 35.7 Å². The molecule has 2 nitrogen and oxygen atoms in total. The molecule has 0 aliphatic heterocycles. The normalized spacial score (nSPS) is 46.9. The molecule has 0 amide bonds. The van der Waals surface area contributed by atoms with E-state index >= 15 is 0 Å². The zero-order valence-electron chi connectivity index (χ0n) is 22.3. The van der Waals surface area contributed by atoms with Gasteiger partial charge in [-0.3, -0.25) is 0 Å². The van der Waals surface area contributed by atoms with Gasteiger partial charge in [0, 0.05) is 0 Å². The molecule has 0 heterocycles. The summed E-state index contributed by atoms with van der Waals surface area (Å²) in [6, 6.07) is 0. The molecule has 0 spiro atoms. The minimum atomic E-state index is -4.52. The van der Waals surface area contributed by atoms with Crippen LogP contribution in [-0.2, 0) is 0 Å². The average Bonchev–Trinajstić information content (AvgIpc) is 3.08. The zero-order chi connectivity index (χ0) is 25.3. The van der Waals surface area contributed by atoms with Crippen LogP contribution in [0.5, 0.6) is 0 Å². The van der Waals surface area contributed by atoms with Crippen molar-refractivity contribution in [3.05, 3.63) is 0 Å². The zero-order valence-corrected chi connectivity index (χ0v) is 22.3. The molecule has 4 rings (SSSR count). The quantitative estimate of drug-likeness (QED) is 0.426. The lowest BCUT2D eigenvalue weighted by molar-refractivity contribution is -0.290. The van der Waals surface area contributed by atoms with Crippen LogP contribution in [0.3, 0.4) is 0 Å². The molecule has 0 unspecified atom stereocenters. The van der Waals surface area contributed by atoms with E-state index in [1.807, 2.05) is 0 Å². The Hall–Kier alpha value is -0.290. The van der Waals surface area contributed by atoms with Crippen molar-refractivity contribution in [2.75, 3.05) is 0 Å². The Balaban J connectivity index is 1.46. The van der Waals surface area contributed by atoms with Gasteiger partial charge in [0.2, 0.25) is 0 Å². The van der Waals surface area contributed by atoms with Crippen molar-refractivity contribution in [2.45, 2.75) is 130 Å². The maximum atomic E-state index is 13.6. The third-order valence-electron chi connectivity index (χ3n) is 11.9. The standard InChI is InChI=1S/C29H49F3O2/c1-18(7-12-24(33)25(2,3)4)21-10-11-22-20-9-8-19-17-28(34,29(30,31)32)16-15-26(19,5)23(20)13-14-27(21,22)6/h18-24,33-34H,7-17H2,1-6H3/t18-,19-,20+,21-,22+,23+,24+,26+,27-,28+/m1/s1. The molecule has 0 aromatic carbocycles. The fraction of sp³-hybridized carbons (Fsp3) is 1.00. The Bertz CT molecular complexity index is 745. The third kappa shape index (κ3) is 4.27. The van der Waals surface area contributed by atoms with Crippen molar-refractivity contribution in [1.82, 2.24) is 0 Å². The van der Waals surface area contributed by atoms with Gasteiger partial charge in [-0.15, -0.1) is 0 Å². The molecule has 0 bridgehead atoms. The van der Waals surface area contributed by atoms with Crippen LogP contribution in [0.15, 0.2) is 0 Å². The molecular formula is C29H49F3O2. The van der Waals surface area contributed by atoms with Crippen molar-refractivity contribution in [2.24, 2.45) is 51.8 Å². The maximum Gasteiger partial charge on any atom is 0.417 e. The minimum Gasteiger partial charge on any atom is -0.393 e. The Morgan fingerprint density at radius 1 is 0.853 bits per heavy atom. The number of halogens is 3. The van der Waals surface area contributed by atoms with E-state index in [4.69, 9.17) is 0 Å². The molecule has 10 atom stereocenters. The lowest BCUT2D eigenvalue weighted by atomic mass is 9.43. The molecule has 4 aliphatic rings. The van der Waals surface area contributed by atoms with Gasteiger partial charge in [0.1, 0.15) is 0 Å². The van der Waals surface area contributed by atoms with E-state index in [0.29, 0.717) is 41.4 Å². The first-order valence-electron chi connectivity index (χ1n) is 14.0. The van der Waals surface area contributed by atoms with Crippen LogP contribution in [0.4, 0.5) is 13.2 Å². The van der Waals surface area contributed by atoms with E-state index in [1.54, 1.807) is 0 Å². The highest BCUT2D eigenvalue weighted by molar-refractivity contribution is 5.11. The molecule has 5 heteroatoms. The predicted molar refractivity (Wildman–Crippen MR) is 130 cm³/mol. The number of hydrogen-bond donors (Lipinski definition) is 2. The fourth-order valence-corrected chi connectivity index (χ4v) is 9.53. The molecular weight excluding hydrogens is 437 g/mol. The van der Waals surface area contributed by atoms with Crippen LogP contribution in [-0.4, -0.2) is 28.1 Å². The Labute approximate surface area is 205 Å². The van der Waals surface area contributed by atoms with E-state index in [9.17, 15) is 23.4 Å². The fourth-order valence-electron chi connectivity index (χ4n) is 9.53. The molecule has 198 valence electrons. The second-order valence-electron chi connectivity index (χ2n) is 14.6. The van der Waals surface area contributed by atoms with Gasteiger partial charge in [0.25, 0.3) is 0 Å². The lowest BCUT2D eigenvalue weighted by Gasteiger charge is -2.62. The molecule has 4 aliphatic carbocycles.